The third-order valence-corrected chi connectivity index (χ3v) is 1.78. The number of rotatable bonds is 7. The van der Waals surface area contributed by atoms with Gasteiger partial charge in [0.1, 0.15) is 6.61 Å². The highest BCUT2D eigenvalue weighted by Crippen LogP contribution is 2.07. The lowest BCUT2D eigenvalue weighted by Gasteiger charge is -2.22. The standard InChI is InChI=1S/C9H19NO5/c1-9(13,3-5-14-2)7-10-8(12)15-6-4-11/h11,13H,3-7H2,1-2H3,(H,10,12). The van der Waals surface area contributed by atoms with Crippen molar-refractivity contribution in [3.8, 4) is 0 Å². The molecule has 6 nitrogen and oxygen atoms in total. The van der Waals surface area contributed by atoms with E-state index in [1.165, 1.54) is 0 Å². The van der Waals surface area contributed by atoms with E-state index in [0.717, 1.165) is 0 Å². The van der Waals surface area contributed by atoms with Gasteiger partial charge in [-0.05, 0) is 6.92 Å². The number of aliphatic hydroxyl groups is 2. The zero-order valence-electron chi connectivity index (χ0n) is 9.15. The second kappa shape index (κ2) is 7.44. The lowest BCUT2D eigenvalue weighted by Crippen LogP contribution is -2.41. The second-order valence-corrected chi connectivity index (χ2v) is 3.45. The smallest absolute Gasteiger partial charge is 0.407 e. The average molecular weight is 221 g/mol. The maximum atomic E-state index is 10.9. The molecule has 1 amide bonds. The van der Waals surface area contributed by atoms with Crippen LogP contribution in [0.5, 0.6) is 0 Å². The largest absolute Gasteiger partial charge is 0.447 e. The third kappa shape index (κ3) is 8.17. The SMILES string of the molecule is COCCC(C)(O)CNC(=O)OCCO. The number of carbonyl (C=O) groups excluding carboxylic acids is 1. The molecule has 1 atom stereocenters. The molecule has 0 aromatic heterocycles. The van der Waals surface area contributed by atoms with Gasteiger partial charge in [-0.2, -0.15) is 0 Å². The summed E-state index contributed by atoms with van der Waals surface area (Å²) < 4.78 is 9.36. The van der Waals surface area contributed by atoms with E-state index < -0.39 is 11.7 Å². The van der Waals surface area contributed by atoms with Gasteiger partial charge < -0.3 is 25.0 Å². The fraction of sp³-hybridized carbons (Fsp3) is 0.889. The molecule has 6 heteroatoms. The number of hydrogen-bond acceptors (Lipinski definition) is 5. The molecule has 15 heavy (non-hydrogen) atoms. The normalized spacial score (nSPS) is 14.4. The molecule has 0 aliphatic rings. The van der Waals surface area contributed by atoms with Crippen LogP contribution >= 0.6 is 0 Å². The molecule has 0 radical (unpaired) electrons. The molecule has 0 rings (SSSR count). The molecule has 0 aromatic carbocycles. The van der Waals surface area contributed by atoms with Gasteiger partial charge in [0.2, 0.25) is 0 Å². The Bertz CT molecular complexity index is 183. The number of aliphatic hydroxyl groups excluding tert-OH is 1. The van der Waals surface area contributed by atoms with Gasteiger partial charge in [0.25, 0.3) is 0 Å². The van der Waals surface area contributed by atoms with Gasteiger partial charge in [0, 0.05) is 26.7 Å². The lowest BCUT2D eigenvalue weighted by atomic mass is 10.0. The van der Waals surface area contributed by atoms with Gasteiger partial charge in [-0.1, -0.05) is 0 Å². The predicted octanol–water partition coefficient (Wildman–Crippen LogP) is -0.508. The molecular formula is C9H19NO5. The highest BCUT2D eigenvalue weighted by atomic mass is 16.6. The van der Waals surface area contributed by atoms with Gasteiger partial charge >= 0.3 is 6.09 Å². The maximum Gasteiger partial charge on any atom is 0.407 e. The van der Waals surface area contributed by atoms with Gasteiger partial charge in [-0.25, -0.2) is 4.79 Å². The van der Waals surface area contributed by atoms with E-state index in [9.17, 15) is 9.90 Å². The summed E-state index contributed by atoms with van der Waals surface area (Å²) in [4.78, 5) is 10.9. The molecule has 0 saturated heterocycles. The molecule has 0 aromatic rings. The minimum Gasteiger partial charge on any atom is -0.447 e. The summed E-state index contributed by atoms with van der Waals surface area (Å²) in [5, 5.41) is 20.5. The Kier molecular flexibility index (Phi) is 7.02. The quantitative estimate of drug-likeness (QED) is 0.539. The molecule has 0 aliphatic carbocycles. The van der Waals surface area contributed by atoms with Gasteiger partial charge in [-0.3, -0.25) is 0 Å². The van der Waals surface area contributed by atoms with Crippen LogP contribution in [0, 0.1) is 0 Å². The monoisotopic (exact) mass is 221 g/mol. The van der Waals surface area contributed by atoms with Crippen LogP contribution < -0.4 is 5.32 Å². The van der Waals surface area contributed by atoms with E-state index in [4.69, 9.17) is 9.84 Å². The first-order valence-electron chi connectivity index (χ1n) is 4.74. The van der Waals surface area contributed by atoms with Crippen LogP contribution in [-0.2, 0) is 9.47 Å². The highest BCUT2D eigenvalue weighted by Gasteiger charge is 2.20. The van der Waals surface area contributed by atoms with Crippen molar-refractivity contribution in [2.24, 2.45) is 0 Å². The summed E-state index contributed by atoms with van der Waals surface area (Å²) in [6.07, 6.45) is -0.231. The molecule has 0 aliphatic heterocycles. The Morgan fingerprint density at radius 1 is 1.47 bits per heavy atom. The van der Waals surface area contributed by atoms with E-state index in [1.54, 1.807) is 14.0 Å². The van der Waals surface area contributed by atoms with Crippen LogP contribution in [-0.4, -0.2) is 55.4 Å². The lowest BCUT2D eigenvalue weighted by molar-refractivity contribution is 0.0232. The molecule has 0 spiro atoms. The van der Waals surface area contributed by atoms with Crippen molar-refractivity contribution < 1.29 is 24.5 Å². The number of carbonyl (C=O) groups is 1. The number of methoxy groups -OCH3 is 1. The van der Waals surface area contributed by atoms with Gasteiger partial charge in [-0.15, -0.1) is 0 Å². The number of alkyl carbamates (subject to hydrolysis) is 1. The van der Waals surface area contributed by atoms with Crippen molar-refractivity contribution in [3.05, 3.63) is 0 Å². The van der Waals surface area contributed by atoms with Crippen LogP contribution in [0.4, 0.5) is 4.79 Å². The maximum absolute atomic E-state index is 10.9. The summed E-state index contributed by atoms with van der Waals surface area (Å²) in [5.74, 6) is 0. The Labute approximate surface area is 89.2 Å². The predicted molar refractivity (Wildman–Crippen MR) is 53.6 cm³/mol. The molecule has 90 valence electrons. The first-order chi connectivity index (χ1) is 7.02. The van der Waals surface area contributed by atoms with Crippen molar-refractivity contribution in [1.29, 1.82) is 0 Å². The zero-order valence-corrected chi connectivity index (χ0v) is 9.15. The highest BCUT2D eigenvalue weighted by molar-refractivity contribution is 5.67. The minimum atomic E-state index is -1.02. The summed E-state index contributed by atoms with van der Waals surface area (Å²) in [6.45, 7) is 1.83. The van der Waals surface area contributed by atoms with Gasteiger partial charge in [0.05, 0.1) is 12.2 Å². The number of nitrogens with one attached hydrogen (secondary N) is 1. The summed E-state index contributed by atoms with van der Waals surface area (Å²) in [7, 11) is 1.54. The molecule has 0 saturated carbocycles. The summed E-state index contributed by atoms with van der Waals surface area (Å²) >= 11 is 0. The first kappa shape index (κ1) is 14.2. The number of hydrogen-bond donors (Lipinski definition) is 3. The Morgan fingerprint density at radius 3 is 2.67 bits per heavy atom. The minimum absolute atomic E-state index is 0.0496. The molecule has 0 fully saturated rings. The second-order valence-electron chi connectivity index (χ2n) is 3.45. The fourth-order valence-corrected chi connectivity index (χ4v) is 0.862. The molecule has 1 unspecified atom stereocenters. The van der Waals surface area contributed by atoms with Crippen LogP contribution in [0.15, 0.2) is 0 Å². The molecule has 0 bridgehead atoms. The third-order valence-electron chi connectivity index (χ3n) is 1.78. The Balaban J connectivity index is 3.67. The van der Waals surface area contributed by atoms with Crippen LogP contribution in [0.2, 0.25) is 0 Å². The number of amides is 1. The van der Waals surface area contributed by atoms with E-state index in [0.29, 0.717) is 13.0 Å². The molecule has 0 heterocycles. The van der Waals surface area contributed by atoms with Crippen molar-refractivity contribution in [2.45, 2.75) is 18.9 Å². The first-order valence-corrected chi connectivity index (χ1v) is 4.74. The van der Waals surface area contributed by atoms with Crippen LogP contribution in [0.3, 0.4) is 0 Å². The Hall–Kier alpha value is -0.850. The zero-order chi connectivity index (χ0) is 11.7. The number of ether oxygens (including phenoxy) is 2. The van der Waals surface area contributed by atoms with Crippen molar-refractivity contribution in [3.63, 3.8) is 0 Å². The average Bonchev–Trinajstić information content (AvgIpc) is 2.21. The Morgan fingerprint density at radius 2 is 2.13 bits per heavy atom. The van der Waals surface area contributed by atoms with E-state index in [2.05, 4.69) is 10.1 Å². The molecule has 3 N–H and O–H groups in total. The fourth-order valence-electron chi connectivity index (χ4n) is 0.862. The topological polar surface area (TPSA) is 88.0 Å². The van der Waals surface area contributed by atoms with Crippen molar-refractivity contribution in [1.82, 2.24) is 5.32 Å². The van der Waals surface area contributed by atoms with Crippen molar-refractivity contribution in [2.75, 3.05) is 33.5 Å². The summed E-state index contributed by atoms with van der Waals surface area (Å²) in [6, 6.07) is 0. The van der Waals surface area contributed by atoms with Gasteiger partial charge in [0.15, 0.2) is 0 Å². The van der Waals surface area contributed by atoms with Crippen molar-refractivity contribution >= 4 is 6.09 Å². The van der Waals surface area contributed by atoms with Crippen LogP contribution in [0.25, 0.3) is 0 Å². The molecular weight excluding hydrogens is 202 g/mol. The summed E-state index contributed by atoms with van der Waals surface area (Å²) in [5.41, 5.74) is -1.02. The van der Waals surface area contributed by atoms with E-state index in [1.807, 2.05) is 0 Å². The van der Waals surface area contributed by atoms with Crippen LogP contribution in [0.1, 0.15) is 13.3 Å². The van der Waals surface area contributed by atoms with E-state index in [-0.39, 0.29) is 19.8 Å². The van der Waals surface area contributed by atoms with E-state index >= 15 is 0 Å².